The molecule has 0 spiro atoms. The van der Waals surface area contributed by atoms with E-state index in [1.54, 1.807) is 29.6 Å². The van der Waals surface area contributed by atoms with Gasteiger partial charge in [0.05, 0.1) is 23.4 Å². The quantitative estimate of drug-likeness (QED) is 0.391. The normalized spacial score (nSPS) is 11.1. The molecular weight excluding hydrogens is 352 g/mol. The van der Waals surface area contributed by atoms with Crippen LogP contribution >= 0.6 is 0 Å². The monoisotopic (exact) mass is 372 g/mol. The van der Waals surface area contributed by atoms with Crippen LogP contribution in [-0.4, -0.2) is 28.0 Å². The number of rotatable bonds is 4. The lowest BCUT2D eigenvalue weighted by molar-refractivity contribution is 0.0529. The molecule has 2 heterocycles. The van der Waals surface area contributed by atoms with Gasteiger partial charge in [-0.05, 0) is 26.8 Å². The maximum Gasteiger partial charge on any atom is 0.340 e. The molecule has 0 aliphatic carbocycles. The Morgan fingerprint density at radius 2 is 1.68 bits per heavy atom. The lowest BCUT2D eigenvalue weighted by atomic mass is 10.1. The molecule has 5 nitrogen and oxygen atoms in total. The number of esters is 1. The smallest absolute Gasteiger partial charge is 0.340 e. The fourth-order valence-corrected chi connectivity index (χ4v) is 3.45. The maximum absolute atomic E-state index is 13.2. The molecule has 28 heavy (non-hydrogen) atoms. The van der Waals surface area contributed by atoms with Gasteiger partial charge < -0.3 is 4.74 Å². The predicted octanol–water partition coefficient (Wildman–Crippen LogP) is 4.51. The van der Waals surface area contributed by atoms with Gasteiger partial charge in [0.25, 0.3) is 0 Å². The Bertz CT molecular complexity index is 1220. The van der Waals surface area contributed by atoms with Crippen LogP contribution < -0.4 is 0 Å². The van der Waals surface area contributed by atoms with Gasteiger partial charge in [-0.1, -0.05) is 54.1 Å². The average molecular weight is 372 g/mol. The van der Waals surface area contributed by atoms with Crippen LogP contribution in [0.25, 0.3) is 16.3 Å². The summed E-state index contributed by atoms with van der Waals surface area (Å²) in [6.45, 7) is 5.88. The zero-order chi connectivity index (χ0) is 19.8. The number of ketones is 1. The second-order valence-electron chi connectivity index (χ2n) is 6.75. The number of aromatic nitrogens is 2. The van der Waals surface area contributed by atoms with E-state index < -0.39 is 5.97 Å². The first-order valence-corrected chi connectivity index (χ1v) is 9.21. The number of carbonyl (C=O) groups excluding carboxylic acids is 2. The van der Waals surface area contributed by atoms with Gasteiger partial charge in [0, 0.05) is 16.3 Å². The highest BCUT2D eigenvalue weighted by molar-refractivity contribution is 6.14. The van der Waals surface area contributed by atoms with Crippen molar-refractivity contribution in [3.8, 4) is 0 Å². The minimum absolute atomic E-state index is 0.187. The summed E-state index contributed by atoms with van der Waals surface area (Å²) >= 11 is 0. The molecule has 0 fully saturated rings. The first kappa shape index (κ1) is 17.9. The molecule has 0 radical (unpaired) electrons. The minimum atomic E-state index is -0.459. The third-order valence-corrected chi connectivity index (χ3v) is 4.84. The highest BCUT2D eigenvalue weighted by Gasteiger charge is 2.24. The van der Waals surface area contributed by atoms with Gasteiger partial charge in [-0.2, -0.15) is 5.10 Å². The Labute approximate surface area is 162 Å². The number of ether oxygens (including phenoxy) is 1. The van der Waals surface area contributed by atoms with Crippen LogP contribution in [0.4, 0.5) is 0 Å². The van der Waals surface area contributed by atoms with E-state index in [-0.39, 0.29) is 12.4 Å². The van der Waals surface area contributed by atoms with Crippen LogP contribution in [0.5, 0.6) is 0 Å². The van der Waals surface area contributed by atoms with Crippen LogP contribution in [0.15, 0.2) is 54.6 Å². The summed E-state index contributed by atoms with van der Waals surface area (Å²) in [5, 5.41) is 6.42. The topological polar surface area (TPSA) is 60.7 Å². The van der Waals surface area contributed by atoms with Crippen molar-refractivity contribution in [3.05, 3.63) is 82.7 Å². The van der Waals surface area contributed by atoms with Gasteiger partial charge in [-0.3, -0.25) is 4.79 Å². The number of benzene rings is 2. The van der Waals surface area contributed by atoms with E-state index in [0.717, 1.165) is 22.0 Å². The van der Waals surface area contributed by atoms with E-state index in [1.165, 1.54) is 0 Å². The van der Waals surface area contributed by atoms with Crippen molar-refractivity contribution in [2.75, 3.05) is 6.61 Å². The number of carbonyl (C=O) groups is 2. The van der Waals surface area contributed by atoms with Crippen molar-refractivity contribution in [1.29, 1.82) is 0 Å². The Morgan fingerprint density at radius 3 is 2.36 bits per heavy atom. The lowest BCUT2D eigenvalue weighted by Crippen LogP contribution is -2.08. The highest BCUT2D eigenvalue weighted by atomic mass is 16.5. The molecule has 2 aromatic heterocycles. The van der Waals surface area contributed by atoms with Crippen LogP contribution in [0.3, 0.4) is 0 Å². The van der Waals surface area contributed by atoms with Crippen molar-refractivity contribution in [2.24, 2.45) is 0 Å². The number of hydrogen-bond acceptors (Lipinski definition) is 4. The SMILES string of the molecule is CCOC(=O)c1cc(C(=O)c2ccc(C)cc2)n2nc(C)c3ccccc3c12. The standard InChI is InChI=1S/C23H20N2O3/c1-4-28-23(27)19-13-20(22(26)16-11-9-14(2)10-12-16)25-21(19)18-8-6-5-7-17(18)15(3)24-25/h5-13H,4H2,1-3H3. The zero-order valence-electron chi connectivity index (χ0n) is 16.0. The molecule has 0 bridgehead atoms. The summed E-state index contributed by atoms with van der Waals surface area (Å²) in [4.78, 5) is 25.8. The zero-order valence-corrected chi connectivity index (χ0v) is 16.0. The van der Waals surface area contributed by atoms with E-state index >= 15 is 0 Å². The van der Waals surface area contributed by atoms with Crippen molar-refractivity contribution < 1.29 is 14.3 Å². The van der Waals surface area contributed by atoms with Crippen LogP contribution in [0.2, 0.25) is 0 Å². The maximum atomic E-state index is 13.2. The molecule has 0 unspecified atom stereocenters. The molecule has 4 aromatic rings. The minimum Gasteiger partial charge on any atom is -0.462 e. The molecule has 0 saturated heterocycles. The number of fused-ring (bicyclic) bond motifs is 3. The summed E-state index contributed by atoms with van der Waals surface area (Å²) < 4.78 is 6.81. The van der Waals surface area contributed by atoms with Crippen molar-refractivity contribution in [2.45, 2.75) is 20.8 Å². The van der Waals surface area contributed by atoms with Crippen LogP contribution in [0.1, 0.15) is 44.6 Å². The summed E-state index contributed by atoms with van der Waals surface area (Å²) in [5.41, 5.74) is 3.69. The van der Waals surface area contributed by atoms with Crippen molar-refractivity contribution in [3.63, 3.8) is 0 Å². The van der Waals surface area contributed by atoms with Gasteiger partial charge in [0.15, 0.2) is 0 Å². The van der Waals surface area contributed by atoms with Gasteiger partial charge in [0.1, 0.15) is 5.69 Å². The second kappa shape index (κ2) is 6.93. The third kappa shape index (κ3) is 2.85. The fraction of sp³-hybridized carbons (Fsp3) is 0.174. The van der Waals surface area contributed by atoms with E-state index in [4.69, 9.17) is 4.74 Å². The molecule has 0 amide bonds. The van der Waals surface area contributed by atoms with E-state index in [0.29, 0.717) is 22.3 Å². The first-order valence-electron chi connectivity index (χ1n) is 9.21. The van der Waals surface area contributed by atoms with Gasteiger partial charge in [0.2, 0.25) is 5.78 Å². The van der Waals surface area contributed by atoms with Crippen molar-refractivity contribution in [1.82, 2.24) is 9.61 Å². The number of hydrogen-bond donors (Lipinski definition) is 0. The van der Waals surface area contributed by atoms with Crippen LogP contribution in [0, 0.1) is 13.8 Å². The largest absolute Gasteiger partial charge is 0.462 e. The molecule has 4 rings (SSSR count). The molecule has 0 atom stereocenters. The first-order chi connectivity index (χ1) is 13.5. The summed E-state index contributed by atoms with van der Waals surface area (Å²) in [6, 6.07) is 16.7. The molecule has 0 aliphatic rings. The molecular formula is C23H20N2O3. The van der Waals surface area contributed by atoms with E-state index in [2.05, 4.69) is 5.10 Å². The molecule has 0 aliphatic heterocycles. The third-order valence-electron chi connectivity index (χ3n) is 4.84. The highest BCUT2D eigenvalue weighted by Crippen LogP contribution is 2.28. The van der Waals surface area contributed by atoms with E-state index in [9.17, 15) is 9.59 Å². The summed E-state index contributed by atoms with van der Waals surface area (Å²) in [7, 11) is 0. The summed E-state index contributed by atoms with van der Waals surface area (Å²) in [6.07, 6.45) is 0. The number of nitrogens with zero attached hydrogens (tertiary/aromatic N) is 2. The van der Waals surface area contributed by atoms with Gasteiger partial charge in [-0.15, -0.1) is 0 Å². The van der Waals surface area contributed by atoms with Crippen LogP contribution in [-0.2, 0) is 4.74 Å². The molecule has 5 heteroatoms. The Morgan fingerprint density at radius 1 is 1.00 bits per heavy atom. The Hall–Kier alpha value is -3.47. The Kier molecular flexibility index (Phi) is 4.43. The molecule has 140 valence electrons. The second-order valence-corrected chi connectivity index (χ2v) is 6.75. The summed E-state index contributed by atoms with van der Waals surface area (Å²) in [5.74, 6) is -0.647. The van der Waals surface area contributed by atoms with Gasteiger partial charge >= 0.3 is 5.97 Å². The lowest BCUT2D eigenvalue weighted by Gasteiger charge is -2.08. The molecule has 0 N–H and O–H groups in total. The van der Waals surface area contributed by atoms with E-state index in [1.807, 2.05) is 50.2 Å². The number of aryl methyl sites for hydroxylation is 2. The van der Waals surface area contributed by atoms with Crippen molar-refractivity contribution >= 4 is 28.0 Å². The van der Waals surface area contributed by atoms with Gasteiger partial charge in [-0.25, -0.2) is 9.31 Å². The molecule has 0 saturated carbocycles. The average Bonchev–Trinajstić information content (AvgIpc) is 3.08. The fourth-order valence-electron chi connectivity index (χ4n) is 3.45. The molecule has 2 aromatic carbocycles. The Balaban J connectivity index is 2.03. The predicted molar refractivity (Wildman–Crippen MR) is 108 cm³/mol.